The van der Waals surface area contributed by atoms with Gasteiger partial charge >= 0.3 is 0 Å². The van der Waals surface area contributed by atoms with E-state index in [0.29, 0.717) is 18.7 Å². The van der Waals surface area contributed by atoms with Gasteiger partial charge in [-0.15, -0.1) is 0 Å². The minimum Gasteiger partial charge on any atom is -0.496 e. The summed E-state index contributed by atoms with van der Waals surface area (Å²) < 4.78 is 5.62. The van der Waals surface area contributed by atoms with Gasteiger partial charge in [-0.3, -0.25) is 9.59 Å². The first kappa shape index (κ1) is 19.5. The number of nitrogens with zero attached hydrogens (tertiary/aromatic N) is 1. The Morgan fingerprint density at radius 2 is 1.83 bits per heavy atom. The zero-order chi connectivity index (χ0) is 20.4. The zero-order valence-corrected chi connectivity index (χ0v) is 17.1. The Balaban J connectivity index is 1.57. The fraction of sp³-hybridized carbons (Fsp3) is 0.417. The molecule has 1 atom stereocenters. The Morgan fingerprint density at radius 3 is 2.59 bits per heavy atom. The van der Waals surface area contributed by atoms with Crippen LogP contribution in [0.5, 0.6) is 5.75 Å². The van der Waals surface area contributed by atoms with Crippen LogP contribution < -0.4 is 10.1 Å². The number of nitrogens with one attached hydrogen (secondary N) is 1. The standard InChI is InChI=1S/C24H28N2O3/c1-26-15-19(17-9-3-4-10-18(17)23(26)28)22(27)25-16-24(13-7-8-14-24)20-11-5-6-12-21(20)29-2/h3-6,9-12,19H,7-8,13-16H2,1-2H3,(H,25,27). The predicted molar refractivity (Wildman–Crippen MR) is 112 cm³/mol. The number of likely N-dealkylation sites (N-methyl/N-ethyl adjacent to an activating group) is 1. The quantitative estimate of drug-likeness (QED) is 0.847. The van der Waals surface area contributed by atoms with Gasteiger partial charge in [0.25, 0.3) is 5.91 Å². The van der Waals surface area contributed by atoms with E-state index in [4.69, 9.17) is 4.74 Å². The summed E-state index contributed by atoms with van der Waals surface area (Å²) >= 11 is 0. The van der Waals surface area contributed by atoms with Crippen molar-refractivity contribution >= 4 is 11.8 Å². The van der Waals surface area contributed by atoms with Crippen molar-refractivity contribution in [3.8, 4) is 5.75 Å². The molecule has 1 unspecified atom stereocenters. The molecule has 29 heavy (non-hydrogen) atoms. The van der Waals surface area contributed by atoms with Gasteiger partial charge in [0.05, 0.1) is 13.0 Å². The summed E-state index contributed by atoms with van der Waals surface area (Å²) in [4.78, 5) is 27.3. The summed E-state index contributed by atoms with van der Waals surface area (Å²) in [5.74, 6) is 0.505. The largest absolute Gasteiger partial charge is 0.496 e. The van der Waals surface area contributed by atoms with Crippen LogP contribution in [0.1, 0.15) is 53.1 Å². The lowest BCUT2D eigenvalue weighted by Crippen LogP contribution is -2.46. The number of carbonyl (C=O) groups excluding carboxylic acids is 2. The molecule has 0 saturated heterocycles. The van der Waals surface area contributed by atoms with Crippen LogP contribution in [0, 0.1) is 0 Å². The molecule has 4 rings (SSSR count). The maximum atomic E-state index is 13.2. The van der Waals surface area contributed by atoms with Crippen molar-refractivity contribution in [1.29, 1.82) is 0 Å². The number of methoxy groups -OCH3 is 1. The molecule has 5 heteroatoms. The number of rotatable bonds is 5. The summed E-state index contributed by atoms with van der Waals surface area (Å²) in [6.07, 6.45) is 4.37. The normalized spacial score (nSPS) is 20.3. The topological polar surface area (TPSA) is 58.6 Å². The van der Waals surface area contributed by atoms with E-state index in [1.807, 2.05) is 36.4 Å². The SMILES string of the molecule is COc1ccccc1C1(CNC(=O)C2CN(C)C(=O)c3ccccc32)CCCC1. The molecule has 2 aromatic carbocycles. The van der Waals surface area contributed by atoms with Crippen molar-refractivity contribution < 1.29 is 14.3 Å². The van der Waals surface area contributed by atoms with Crippen molar-refractivity contribution in [1.82, 2.24) is 10.2 Å². The van der Waals surface area contributed by atoms with Crippen LogP contribution in [0.2, 0.25) is 0 Å². The summed E-state index contributed by atoms with van der Waals surface area (Å²) in [7, 11) is 3.46. The van der Waals surface area contributed by atoms with Crippen LogP contribution in [-0.4, -0.2) is 44.0 Å². The zero-order valence-electron chi connectivity index (χ0n) is 17.1. The van der Waals surface area contributed by atoms with Crippen LogP contribution in [0.3, 0.4) is 0 Å². The van der Waals surface area contributed by atoms with Crippen molar-refractivity contribution in [2.24, 2.45) is 0 Å². The van der Waals surface area contributed by atoms with E-state index in [2.05, 4.69) is 11.4 Å². The fourth-order valence-electron chi connectivity index (χ4n) is 4.94. The third kappa shape index (κ3) is 3.50. The first-order valence-electron chi connectivity index (χ1n) is 10.3. The van der Waals surface area contributed by atoms with Crippen LogP contribution in [0.4, 0.5) is 0 Å². The second-order valence-electron chi connectivity index (χ2n) is 8.23. The summed E-state index contributed by atoms with van der Waals surface area (Å²) in [5, 5.41) is 3.23. The van der Waals surface area contributed by atoms with E-state index < -0.39 is 0 Å². The number of hydrogen-bond acceptors (Lipinski definition) is 3. The summed E-state index contributed by atoms with van der Waals surface area (Å²) in [6.45, 7) is 0.992. The first-order valence-corrected chi connectivity index (χ1v) is 10.3. The molecule has 1 N–H and O–H groups in total. The van der Waals surface area contributed by atoms with Gasteiger partial charge < -0.3 is 15.0 Å². The molecule has 0 radical (unpaired) electrons. The third-order valence-corrected chi connectivity index (χ3v) is 6.53. The van der Waals surface area contributed by atoms with E-state index in [9.17, 15) is 9.59 Å². The maximum Gasteiger partial charge on any atom is 0.253 e. The first-order chi connectivity index (χ1) is 14.1. The lowest BCUT2D eigenvalue weighted by atomic mass is 9.78. The van der Waals surface area contributed by atoms with Gasteiger partial charge in [-0.2, -0.15) is 0 Å². The molecular weight excluding hydrogens is 364 g/mol. The van der Waals surface area contributed by atoms with Crippen LogP contribution in [0.15, 0.2) is 48.5 Å². The Morgan fingerprint density at radius 1 is 1.14 bits per heavy atom. The van der Waals surface area contributed by atoms with E-state index in [1.54, 1.807) is 25.1 Å². The number of benzene rings is 2. The average molecular weight is 392 g/mol. The molecule has 2 aliphatic rings. The lowest BCUT2D eigenvalue weighted by Gasteiger charge is -2.34. The van der Waals surface area contributed by atoms with Gasteiger partial charge in [-0.05, 0) is 30.5 Å². The number of carbonyl (C=O) groups is 2. The Labute approximate surface area is 172 Å². The molecule has 1 saturated carbocycles. The number of hydrogen-bond donors (Lipinski definition) is 1. The highest BCUT2D eigenvalue weighted by Crippen LogP contribution is 2.44. The van der Waals surface area contributed by atoms with Gasteiger partial charge in [0.2, 0.25) is 5.91 Å². The molecule has 2 amide bonds. The Hall–Kier alpha value is -2.82. The number of ether oxygens (including phenoxy) is 1. The van der Waals surface area contributed by atoms with Crippen LogP contribution in [0.25, 0.3) is 0 Å². The van der Waals surface area contributed by atoms with Gasteiger partial charge in [0.15, 0.2) is 0 Å². The molecule has 5 nitrogen and oxygen atoms in total. The van der Waals surface area contributed by atoms with Crippen LogP contribution in [-0.2, 0) is 10.2 Å². The second-order valence-corrected chi connectivity index (χ2v) is 8.23. The maximum absolute atomic E-state index is 13.2. The third-order valence-electron chi connectivity index (χ3n) is 6.53. The van der Waals surface area contributed by atoms with Gasteiger partial charge in [0.1, 0.15) is 5.75 Å². The summed E-state index contributed by atoms with van der Waals surface area (Å²) in [5.41, 5.74) is 2.53. The van der Waals surface area contributed by atoms with Gasteiger partial charge in [-0.1, -0.05) is 49.2 Å². The van der Waals surface area contributed by atoms with Crippen LogP contribution >= 0.6 is 0 Å². The smallest absolute Gasteiger partial charge is 0.253 e. The fourth-order valence-corrected chi connectivity index (χ4v) is 4.94. The number of amides is 2. The molecular formula is C24H28N2O3. The second kappa shape index (κ2) is 7.90. The predicted octanol–water partition coefficient (Wildman–Crippen LogP) is 3.49. The monoisotopic (exact) mass is 392 g/mol. The molecule has 0 spiro atoms. The highest BCUT2D eigenvalue weighted by molar-refractivity contribution is 6.00. The van der Waals surface area contributed by atoms with E-state index in [-0.39, 0.29) is 23.1 Å². The minimum atomic E-state index is -0.343. The van der Waals surface area contributed by atoms with Crippen molar-refractivity contribution in [3.05, 3.63) is 65.2 Å². The molecule has 1 aliphatic heterocycles. The minimum absolute atomic E-state index is 0.0158. The molecule has 1 heterocycles. The Kier molecular flexibility index (Phi) is 5.31. The van der Waals surface area contributed by atoms with E-state index in [1.165, 1.54) is 5.56 Å². The van der Waals surface area contributed by atoms with Gasteiger partial charge in [0, 0.05) is 36.7 Å². The number of fused-ring (bicyclic) bond motifs is 1. The molecule has 2 aromatic rings. The molecule has 1 aliphatic carbocycles. The van der Waals surface area contributed by atoms with Crippen molar-refractivity contribution in [2.45, 2.75) is 37.0 Å². The molecule has 152 valence electrons. The molecule has 0 bridgehead atoms. The van der Waals surface area contributed by atoms with E-state index >= 15 is 0 Å². The lowest BCUT2D eigenvalue weighted by molar-refractivity contribution is -0.123. The van der Waals surface area contributed by atoms with E-state index in [0.717, 1.165) is 37.0 Å². The molecule has 0 aromatic heterocycles. The molecule has 1 fully saturated rings. The average Bonchev–Trinajstić information content (AvgIpc) is 3.24. The number of para-hydroxylation sites is 1. The van der Waals surface area contributed by atoms with Crippen molar-refractivity contribution in [3.63, 3.8) is 0 Å². The highest BCUT2D eigenvalue weighted by Gasteiger charge is 2.39. The Bertz CT molecular complexity index is 918. The van der Waals surface area contributed by atoms with Crippen molar-refractivity contribution in [2.75, 3.05) is 27.2 Å². The highest BCUT2D eigenvalue weighted by atomic mass is 16.5. The summed E-state index contributed by atoms with van der Waals surface area (Å²) in [6, 6.07) is 15.6. The van der Waals surface area contributed by atoms with Gasteiger partial charge in [-0.25, -0.2) is 0 Å².